The lowest BCUT2D eigenvalue weighted by molar-refractivity contribution is -0.126. The number of fused-ring (bicyclic) bond motifs is 1. The maximum absolute atomic E-state index is 13.6. The van der Waals surface area contributed by atoms with E-state index in [0.29, 0.717) is 11.3 Å². The van der Waals surface area contributed by atoms with Crippen LogP contribution in [0.25, 0.3) is 0 Å². The van der Waals surface area contributed by atoms with E-state index >= 15 is 0 Å². The first-order valence-electron chi connectivity index (χ1n) is 10.0. The van der Waals surface area contributed by atoms with Gasteiger partial charge in [-0.1, -0.05) is 40.2 Å². The van der Waals surface area contributed by atoms with E-state index in [0.717, 1.165) is 10.2 Å². The van der Waals surface area contributed by atoms with Gasteiger partial charge in [-0.25, -0.2) is 9.96 Å². The molecule has 8 heteroatoms. The molecule has 3 aromatic carbocycles. The van der Waals surface area contributed by atoms with Gasteiger partial charge in [0.1, 0.15) is 5.92 Å². The average Bonchev–Trinajstić information content (AvgIpc) is 3.32. The molecule has 3 aromatic rings. The number of imide groups is 1. The molecule has 0 radical (unpaired) electrons. The molecule has 0 aromatic heterocycles. The van der Waals surface area contributed by atoms with Crippen LogP contribution < -0.4 is 14.7 Å². The van der Waals surface area contributed by atoms with Gasteiger partial charge in [0.25, 0.3) is 5.91 Å². The normalized spacial score (nSPS) is 22.4. The van der Waals surface area contributed by atoms with Crippen LogP contribution in [0.15, 0.2) is 77.3 Å². The van der Waals surface area contributed by atoms with Gasteiger partial charge in [0.15, 0.2) is 17.6 Å². The highest BCUT2D eigenvalue weighted by Crippen LogP contribution is 2.48. The number of benzene rings is 3. The van der Waals surface area contributed by atoms with Crippen molar-refractivity contribution in [3.05, 3.63) is 82.8 Å². The molecule has 7 nitrogen and oxygen atoms in total. The van der Waals surface area contributed by atoms with Crippen molar-refractivity contribution in [2.75, 3.05) is 17.1 Å². The Morgan fingerprint density at radius 3 is 2.34 bits per heavy atom. The van der Waals surface area contributed by atoms with E-state index in [-0.39, 0.29) is 17.4 Å². The van der Waals surface area contributed by atoms with Crippen molar-refractivity contribution < 1.29 is 24.3 Å². The van der Waals surface area contributed by atoms with Gasteiger partial charge < -0.3 is 9.84 Å². The molecule has 2 amide bonds. The molecule has 32 heavy (non-hydrogen) atoms. The molecule has 2 aliphatic rings. The number of hydrogen-bond acceptors (Lipinski definition) is 6. The van der Waals surface area contributed by atoms with Crippen molar-refractivity contribution in [2.45, 2.75) is 12.1 Å². The molecule has 2 heterocycles. The first-order valence-corrected chi connectivity index (χ1v) is 10.8. The second kappa shape index (κ2) is 7.96. The number of methoxy groups -OCH3 is 1. The zero-order valence-electron chi connectivity index (χ0n) is 17.0. The van der Waals surface area contributed by atoms with E-state index in [2.05, 4.69) is 15.9 Å². The topological polar surface area (TPSA) is 79.3 Å². The summed E-state index contributed by atoms with van der Waals surface area (Å²) in [6, 6.07) is 20.6. The van der Waals surface area contributed by atoms with Crippen molar-refractivity contribution >= 4 is 39.1 Å². The quantitative estimate of drug-likeness (QED) is 0.547. The van der Waals surface area contributed by atoms with Crippen molar-refractivity contribution in [3.8, 4) is 11.5 Å². The van der Waals surface area contributed by atoms with Crippen LogP contribution >= 0.6 is 15.9 Å². The van der Waals surface area contributed by atoms with Crippen molar-refractivity contribution in [1.29, 1.82) is 0 Å². The highest BCUT2D eigenvalue weighted by atomic mass is 79.9. The lowest BCUT2D eigenvalue weighted by Crippen LogP contribution is -2.37. The lowest BCUT2D eigenvalue weighted by Gasteiger charge is -2.29. The van der Waals surface area contributed by atoms with E-state index in [4.69, 9.17) is 9.57 Å². The van der Waals surface area contributed by atoms with Gasteiger partial charge in [0, 0.05) is 4.47 Å². The number of anilines is 2. The number of nitrogens with zero attached hydrogens (tertiary/aromatic N) is 2. The maximum atomic E-state index is 13.6. The van der Waals surface area contributed by atoms with Crippen LogP contribution in [0.5, 0.6) is 11.5 Å². The summed E-state index contributed by atoms with van der Waals surface area (Å²) in [6.07, 6.45) is -0.962. The van der Waals surface area contributed by atoms with Crippen LogP contribution in [0.1, 0.15) is 11.6 Å². The zero-order valence-corrected chi connectivity index (χ0v) is 18.6. The van der Waals surface area contributed by atoms with Gasteiger partial charge in [-0.2, -0.15) is 0 Å². The van der Waals surface area contributed by atoms with Crippen LogP contribution in [0.3, 0.4) is 0 Å². The number of phenols is 1. The van der Waals surface area contributed by atoms with Crippen molar-refractivity contribution in [2.24, 2.45) is 5.92 Å². The van der Waals surface area contributed by atoms with Crippen molar-refractivity contribution in [1.82, 2.24) is 0 Å². The molecule has 0 unspecified atom stereocenters. The maximum Gasteiger partial charge on any atom is 0.266 e. The summed E-state index contributed by atoms with van der Waals surface area (Å²) in [6.45, 7) is 0. The molecule has 2 saturated heterocycles. The van der Waals surface area contributed by atoms with E-state index in [1.54, 1.807) is 41.5 Å². The summed E-state index contributed by atoms with van der Waals surface area (Å²) in [5.41, 5.74) is 1.90. The second-order valence-electron chi connectivity index (χ2n) is 7.58. The summed E-state index contributed by atoms with van der Waals surface area (Å²) in [4.78, 5) is 34.2. The number of rotatable bonds is 4. The first-order chi connectivity index (χ1) is 15.5. The third-order valence-corrected chi connectivity index (χ3v) is 6.28. The Balaban J connectivity index is 1.60. The number of aromatic hydroxyl groups is 1. The molecule has 3 atom stereocenters. The van der Waals surface area contributed by atoms with Gasteiger partial charge in [0.05, 0.1) is 24.5 Å². The number of ether oxygens (including phenoxy) is 1. The number of hydrogen-bond donors (Lipinski definition) is 1. The van der Waals surface area contributed by atoms with E-state index in [1.165, 1.54) is 18.1 Å². The highest BCUT2D eigenvalue weighted by Gasteiger charge is 2.60. The number of amides is 2. The van der Waals surface area contributed by atoms with Gasteiger partial charge in [-0.3, -0.25) is 14.4 Å². The van der Waals surface area contributed by atoms with E-state index in [9.17, 15) is 14.7 Å². The molecule has 2 aliphatic heterocycles. The van der Waals surface area contributed by atoms with Crippen LogP contribution in [0, 0.1) is 5.92 Å². The largest absolute Gasteiger partial charge is 0.504 e. The van der Waals surface area contributed by atoms with Gasteiger partial charge in [-0.15, -0.1) is 0 Å². The monoisotopic (exact) mass is 494 g/mol. The van der Waals surface area contributed by atoms with Crippen LogP contribution in [-0.2, 0) is 14.4 Å². The van der Waals surface area contributed by atoms with Crippen LogP contribution in [0.2, 0.25) is 0 Å². The van der Waals surface area contributed by atoms with E-state index in [1.807, 2.05) is 30.3 Å². The molecule has 5 rings (SSSR count). The fraction of sp³-hybridized carbons (Fsp3) is 0.167. The minimum atomic E-state index is -0.962. The van der Waals surface area contributed by atoms with Crippen molar-refractivity contribution in [3.63, 3.8) is 0 Å². The third-order valence-electron chi connectivity index (χ3n) is 5.76. The number of phenolic OH excluding ortho intramolecular Hbond substituents is 1. The summed E-state index contributed by atoms with van der Waals surface area (Å²) in [5.74, 6) is -1.24. The number of halogens is 1. The SMILES string of the molecule is COc1cc([C@H]2[C@@H]3C(=O)N(c4ccc(Br)cc4)C(=O)[C@@H]3ON2c2ccccc2)ccc1O. The fourth-order valence-electron chi connectivity index (χ4n) is 4.28. The standard InChI is InChI=1S/C24H19BrN2O5/c1-31-19-13-14(7-12-18(19)28)21-20-22(32-27(21)17-5-3-2-4-6-17)24(30)26(23(20)29)16-10-8-15(25)9-11-16/h2-13,20-22,28H,1H3/t20-,21-,22+/m0/s1. The Kier molecular flexibility index (Phi) is 5.11. The molecular formula is C24H19BrN2O5. The summed E-state index contributed by atoms with van der Waals surface area (Å²) in [5, 5.41) is 11.7. The third kappa shape index (κ3) is 3.23. The minimum absolute atomic E-state index is 0.0108. The molecule has 0 bridgehead atoms. The Hall–Kier alpha value is -3.36. The number of para-hydroxylation sites is 1. The summed E-state index contributed by atoms with van der Waals surface area (Å²) >= 11 is 3.37. The van der Waals surface area contributed by atoms with Crippen LogP contribution in [-0.4, -0.2) is 30.1 Å². The van der Waals surface area contributed by atoms with Crippen LogP contribution in [0.4, 0.5) is 11.4 Å². The highest BCUT2D eigenvalue weighted by molar-refractivity contribution is 9.10. The molecule has 0 saturated carbocycles. The van der Waals surface area contributed by atoms with Gasteiger partial charge in [0.2, 0.25) is 5.91 Å². The van der Waals surface area contributed by atoms with E-state index < -0.39 is 24.0 Å². The zero-order chi connectivity index (χ0) is 22.4. The number of carbonyl (C=O) groups is 2. The van der Waals surface area contributed by atoms with Gasteiger partial charge >= 0.3 is 0 Å². The smallest absolute Gasteiger partial charge is 0.266 e. The fourth-order valence-corrected chi connectivity index (χ4v) is 4.54. The molecule has 1 N–H and O–H groups in total. The molecule has 2 fully saturated rings. The number of hydroxylamine groups is 1. The first kappa shape index (κ1) is 20.5. The summed E-state index contributed by atoms with van der Waals surface area (Å²) < 4.78 is 6.12. The molecule has 0 spiro atoms. The lowest BCUT2D eigenvalue weighted by atomic mass is 9.90. The Labute approximate surface area is 192 Å². The second-order valence-corrected chi connectivity index (χ2v) is 8.49. The van der Waals surface area contributed by atoms with Gasteiger partial charge in [-0.05, 0) is 54.1 Å². The number of carbonyl (C=O) groups excluding carboxylic acids is 2. The Morgan fingerprint density at radius 2 is 1.66 bits per heavy atom. The summed E-state index contributed by atoms with van der Waals surface area (Å²) in [7, 11) is 1.46. The molecule has 0 aliphatic carbocycles. The molecule has 162 valence electrons. The average molecular weight is 495 g/mol. The predicted molar refractivity (Wildman–Crippen MR) is 121 cm³/mol. The Morgan fingerprint density at radius 1 is 0.938 bits per heavy atom. The Bertz CT molecular complexity index is 1180. The predicted octanol–water partition coefficient (Wildman–Crippen LogP) is 4.21. The molecular weight excluding hydrogens is 476 g/mol. The minimum Gasteiger partial charge on any atom is -0.504 e.